The van der Waals surface area contributed by atoms with E-state index in [1.54, 1.807) is 6.92 Å². The van der Waals surface area contributed by atoms with E-state index in [1.807, 2.05) is 0 Å². The van der Waals surface area contributed by atoms with Gasteiger partial charge in [0.1, 0.15) is 0 Å². The second-order valence-electron chi connectivity index (χ2n) is 3.49. The highest BCUT2D eigenvalue weighted by molar-refractivity contribution is 4.59. The molecule has 4 nitrogen and oxygen atoms in total. The third kappa shape index (κ3) is 6.95. The lowest BCUT2D eigenvalue weighted by Gasteiger charge is -2.14. The van der Waals surface area contributed by atoms with Crippen molar-refractivity contribution in [2.24, 2.45) is 5.92 Å². The molecular weight excluding hydrogens is 172 g/mol. The first-order valence-corrected chi connectivity index (χ1v) is 4.73. The molecule has 0 aromatic rings. The summed E-state index contributed by atoms with van der Waals surface area (Å²) in [5, 5.41) is 35.2. The summed E-state index contributed by atoms with van der Waals surface area (Å²) in [7, 11) is 0. The molecule has 2 atom stereocenters. The smallest absolute Gasteiger partial charge is 0.154 e. The van der Waals surface area contributed by atoms with Crippen molar-refractivity contribution in [2.45, 2.75) is 45.0 Å². The highest BCUT2D eigenvalue weighted by atomic mass is 16.5. The molecule has 0 aliphatic heterocycles. The van der Waals surface area contributed by atoms with Crippen molar-refractivity contribution in [1.29, 1.82) is 0 Å². The van der Waals surface area contributed by atoms with Gasteiger partial charge in [-0.3, -0.25) is 0 Å². The van der Waals surface area contributed by atoms with E-state index in [-0.39, 0.29) is 12.5 Å². The Labute approximate surface area is 78.8 Å². The minimum Gasteiger partial charge on any atom is -0.396 e. The molecular formula is C9H20O4. The van der Waals surface area contributed by atoms with Crippen LogP contribution in [-0.4, -0.2) is 39.4 Å². The van der Waals surface area contributed by atoms with E-state index in [9.17, 15) is 5.11 Å². The first kappa shape index (κ1) is 12.8. The number of hydrogen-bond donors (Lipinski definition) is 4. The maximum Gasteiger partial charge on any atom is 0.154 e. The molecule has 0 radical (unpaired) electrons. The molecule has 4 heteroatoms. The van der Waals surface area contributed by atoms with Crippen molar-refractivity contribution in [2.75, 3.05) is 6.61 Å². The van der Waals surface area contributed by atoms with Gasteiger partial charge in [-0.05, 0) is 19.3 Å². The Balaban J connectivity index is 3.33. The van der Waals surface area contributed by atoms with Crippen LogP contribution in [0, 0.1) is 5.92 Å². The fourth-order valence-electron chi connectivity index (χ4n) is 1.12. The summed E-state index contributed by atoms with van der Waals surface area (Å²) >= 11 is 0. The third-order valence-corrected chi connectivity index (χ3v) is 2.17. The van der Waals surface area contributed by atoms with Gasteiger partial charge in [0.15, 0.2) is 6.29 Å². The summed E-state index contributed by atoms with van der Waals surface area (Å²) in [5.74, 6) is -0.152. The molecule has 4 N–H and O–H groups in total. The normalized spacial score (nSPS) is 16.2. The molecule has 0 rings (SSSR count). The SMILES string of the molecule is CC(CCCC(O)CCO)C(O)O. The summed E-state index contributed by atoms with van der Waals surface area (Å²) in [5.41, 5.74) is 0. The first-order chi connectivity index (χ1) is 6.07. The van der Waals surface area contributed by atoms with Gasteiger partial charge in [-0.1, -0.05) is 13.3 Å². The van der Waals surface area contributed by atoms with Gasteiger partial charge in [0, 0.05) is 12.5 Å². The minimum atomic E-state index is -1.27. The van der Waals surface area contributed by atoms with Gasteiger partial charge in [0.2, 0.25) is 0 Å². The Kier molecular flexibility index (Phi) is 7.17. The zero-order valence-electron chi connectivity index (χ0n) is 8.06. The van der Waals surface area contributed by atoms with Gasteiger partial charge in [-0.2, -0.15) is 0 Å². The van der Waals surface area contributed by atoms with E-state index in [1.165, 1.54) is 0 Å². The standard InChI is InChI=1S/C9H20O4/c1-7(9(12)13)3-2-4-8(11)5-6-10/h7-13H,2-6H2,1H3. The molecule has 2 unspecified atom stereocenters. The molecule has 0 spiro atoms. The molecule has 0 bridgehead atoms. The van der Waals surface area contributed by atoms with Crippen LogP contribution in [0.3, 0.4) is 0 Å². The number of rotatable bonds is 7. The van der Waals surface area contributed by atoms with Crippen LogP contribution in [-0.2, 0) is 0 Å². The van der Waals surface area contributed by atoms with E-state index < -0.39 is 12.4 Å². The predicted molar refractivity (Wildman–Crippen MR) is 49.0 cm³/mol. The molecule has 0 amide bonds. The van der Waals surface area contributed by atoms with Crippen molar-refractivity contribution in [3.8, 4) is 0 Å². The van der Waals surface area contributed by atoms with E-state index in [0.29, 0.717) is 19.3 Å². The molecule has 0 saturated heterocycles. The Morgan fingerprint density at radius 3 is 2.08 bits per heavy atom. The van der Waals surface area contributed by atoms with Crippen LogP contribution in [0.15, 0.2) is 0 Å². The lowest BCUT2D eigenvalue weighted by atomic mass is 10.0. The van der Waals surface area contributed by atoms with Crippen LogP contribution < -0.4 is 0 Å². The van der Waals surface area contributed by atoms with Crippen molar-refractivity contribution < 1.29 is 20.4 Å². The average Bonchev–Trinajstić information content (AvgIpc) is 2.04. The molecule has 0 aliphatic carbocycles. The van der Waals surface area contributed by atoms with Crippen LogP contribution in [0.5, 0.6) is 0 Å². The van der Waals surface area contributed by atoms with Crippen molar-refractivity contribution in [3.05, 3.63) is 0 Å². The fourth-order valence-corrected chi connectivity index (χ4v) is 1.12. The fraction of sp³-hybridized carbons (Fsp3) is 1.00. The highest BCUT2D eigenvalue weighted by Gasteiger charge is 2.11. The quantitative estimate of drug-likeness (QED) is 0.423. The summed E-state index contributed by atoms with van der Waals surface area (Å²) in [6.45, 7) is 1.75. The van der Waals surface area contributed by atoms with Crippen molar-refractivity contribution >= 4 is 0 Å². The van der Waals surface area contributed by atoms with E-state index in [0.717, 1.165) is 6.42 Å². The summed E-state index contributed by atoms with van der Waals surface area (Å²) in [4.78, 5) is 0. The van der Waals surface area contributed by atoms with Gasteiger partial charge >= 0.3 is 0 Å². The zero-order chi connectivity index (χ0) is 10.3. The van der Waals surface area contributed by atoms with E-state index >= 15 is 0 Å². The topological polar surface area (TPSA) is 80.9 Å². The lowest BCUT2D eigenvalue weighted by molar-refractivity contribution is -0.0813. The summed E-state index contributed by atoms with van der Waals surface area (Å²) in [6, 6.07) is 0. The van der Waals surface area contributed by atoms with Crippen LogP contribution in [0.2, 0.25) is 0 Å². The Morgan fingerprint density at radius 1 is 1.00 bits per heavy atom. The molecule has 0 aliphatic rings. The average molecular weight is 192 g/mol. The minimum absolute atomic E-state index is 0.000650. The number of aliphatic hydroxyl groups is 4. The van der Waals surface area contributed by atoms with Gasteiger partial charge in [0.25, 0.3) is 0 Å². The van der Waals surface area contributed by atoms with Gasteiger partial charge in [0.05, 0.1) is 6.10 Å². The van der Waals surface area contributed by atoms with Gasteiger partial charge < -0.3 is 20.4 Å². The molecule has 13 heavy (non-hydrogen) atoms. The van der Waals surface area contributed by atoms with Gasteiger partial charge in [-0.25, -0.2) is 0 Å². The predicted octanol–water partition coefficient (Wildman–Crippen LogP) is -0.153. The number of hydrogen-bond acceptors (Lipinski definition) is 4. The van der Waals surface area contributed by atoms with E-state index in [2.05, 4.69) is 0 Å². The van der Waals surface area contributed by atoms with Gasteiger partial charge in [-0.15, -0.1) is 0 Å². The highest BCUT2D eigenvalue weighted by Crippen LogP contribution is 2.12. The van der Waals surface area contributed by atoms with Crippen LogP contribution in [0.1, 0.15) is 32.6 Å². The molecule has 0 aromatic carbocycles. The van der Waals surface area contributed by atoms with Crippen LogP contribution in [0.25, 0.3) is 0 Å². The maximum atomic E-state index is 9.22. The number of aliphatic hydroxyl groups excluding tert-OH is 3. The van der Waals surface area contributed by atoms with Crippen LogP contribution >= 0.6 is 0 Å². The largest absolute Gasteiger partial charge is 0.396 e. The van der Waals surface area contributed by atoms with Crippen LogP contribution in [0.4, 0.5) is 0 Å². The van der Waals surface area contributed by atoms with Crippen molar-refractivity contribution in [1.82, 2.24) is 0 Å². The molecule has 0 heterocycles. The lowest BCUT2D eigenvalue weighted by Crippen LogP contribution is -2.17. The molecule has 0 saturated carbocycles. The zero-order valence-corrected chi connectivity index (χ0v) is 8.06. The monoisotopic (exact) mass is 192 g/mol. The second-order valence-corrected chi connectivity index (χ2v) is 3.49. The Morgan fingerprint density at radius 2 is 1.62 bits per heavy atom. The second kappa shape index (κ2) is 7.26. The molecule has 80 valence electrons. The molecule has 0 aromatic heterocycles. The Bertz CT molecular complexity index is 116. The maximum absolute atomic E-state index is 9.22. The summed E-state index contributed by atoms with van der Waals surface area (Å²) in [6.07, 6.45) is 0.705. The molecule has 0 fully saturated rings. The summed E-state index contributed by atoms with van der Waals surface area (Å²) < 4.78 is 0. The van der Waals surface area contributed by atoms with Crippen molar-refractivity contribution in [3.63, 3.8) is 0 Å². The first-order valence-electron chi connectivity index (χ1n) is 4.73. The third-order valence-electron chi connectivity index (χ3n) is 2.17. The van der Waals surface area contributed by atoms with E-state index in [4.69, 9.17) is 15.3 Å². The Hall–Kier alpha value is -0.160.